The molecule has 0 amide bonds. The number of nitrogens with zero attached hydrogens (tertiary/aromatic N) is 4. The third-order valence-electron chi connectivity index (χ3n) is 7.70. The number of fused-ring (bicyclic) bond motifs is 1. The number of hydrogen-bond acceptors (Lipinski definition) is 8. The monoisotopic (exact) mass is 588 g/mol. The van der Waals surface area contributed by atoms with Crippen LogP contribution in [0.25, 0.3) is 10.9 Å². The van der Waals surface area contributed by atoms with Gasteiger partial charge in [-0.1, -0.05) is 54.1 Å². The Morgan fingerprint density at radius 1 is 1.14 bits per heavy atom. The van der Waals surface area contributed by atoms with Gasteiger partial charge in [0, 0.05) is 35.9 Å². The summed E-state index contributed by atoms with van der Waals surface area (Å²) < 4.78 is 13.9. The van der Waals surface area contributed by atoms with E-state index in [2.05, 4.69) is 38.7 Å². The van der Waals surface area contributed by atoms with Gasteiger partial charge < -0.3 is 16.1 Å². The number of halogens is 2. The molecule has 2 atom stereocenters. The highest BCUT2D eigenvalue weighted by molar-refractivity contribution is 6.36. The molecule has 0 bridgehead atoms. The first-order valence-electron chi connectivity index (χ1n) is 14.0. The summed E-state index contributed by atoms with van der Waals surface area (Å²) in [5.41, 5.74) is 9.20. The molecule has 0 spiro atoms. The maximum Gasteiger partial charge on any atom is 0.123 e. The second-order valence-electron chi connectivity index (χ2n) is 10.7. The van der Waals surface area contributed by atoms with Gasteiger partial charge in [0.15, 0.2) is 0 Å². The molecule has 1 fully saturated rings. The van der Waals surface area contributed by atoms with Crippen molar-refractivity contribution in [3.05, 3.63) is 112 Å². The van der Waals surface area contributed by atoms with Gasteiger partial charge in [0.1, 0.15) is 19.7 Å². The Balaban J connectivity index is 1.44. The maximum absolute atomic E-state index is 13.9. The second-order valence-corrected chi connectivity index (χ2v) is 11.1. The Kier molecular flexibility index (Phi) is 7.81. The van der Waals surface area contributed by atoms with Crippen LogP contribution >= 0.6 is 11.6 Å². The molecule has 1 aliphatic carbocycles. The van der Waals surface area contributed by atoms with Crippen molar-refractivity contribution in [2.45, 2.75) is 43.2 Å². The van der Waals surface area contributed by atoms with Crippen LogP contribution in [0.3, 0.4) is 0 Å². The fraction of sp³-hybridized carbons (Fsp3) is 0.219. The number of aromatic nitrogens is 1. The maximum atomic E-state index is 13.9. The number of nitrogens with one attached hydrogen (secondary N) is 4. The minimum absolute atomic E-state index is 0.242. The van der Waals surface area contributed by atoms with E-state index in [0.29, 0.717) is 63.0 Å². The molecule has 1 aromatic heterocycles. The van der Waals surface area contributed by atoms with Crippen molar-refractivity contribution in [1.29, 1.82) is 10.5 Å². The minimum atomic E-state index is -1.31. The van der Waals surface area contributed by atoms with Gasteiger partial charge in [-0.05, 0) is 54.7 Å². The summed E-state index contributed by atoms with van der Waals surface area (Å²) in [6.07, 6.45) is 6.41. The van der Waals surface area contributed by atoms with Crippen LogP contribution in [0.15, 0.2) is 84.8 Å². The smallest absolute Gasteiger partial charge is 0.123 e. The zero-order chi connectivity index (χ0) is 30.0. The SMILES string of the molecule is [B]C(Nc1cc(Cl)c2ncc(C#N)c(NC(CCC#N)c3ccccc3)c2c1)(C1=CN(C2CC2)NN1)c1ccc(F)cc1. The molecule has 4 aromatic rings. The van der Waals surface area contributed by atoms with Crippen molar-refractivity contribution in [2.24, 2.45) is 0 Å². The van der Waals surface area contributed by atoms with Crippen LogP contribution in [-0.4, -0.2) is 23.9 Å². The molecule has 4 N–H and O–H groups in total. The standard InChI is InChI=1S/C32H27BClFN8/c33-32(22-8-10-23(35)11-9-22,29-19-43(42-41-29)25-12-13-25)40-24-15-26-30(21(17-37)18-38-31(26)27(34)16-24)39-28(7-4-14-36)20-5-2-1-3-6-20/h1-3,5-6,8-11,15-16,18-19,25,28,40-42H,4,7,12-13H2,(H,38,39). The van der Waals surface area contributed by atoms with E-state index in [0.717, 1.165) is 18.4 Å². The lowest BCUT2D eigenvalue weighted by atomic mass is 9.69. The van der Waals surface area contributed by atoms with E-state index >= 15 is 0 Å². The minimum Gasteiger partial charge on any atom is -0.378 e. The Morgan fingerprint density at radius 2 is 1.91 bits per heavy atom. The molecule has 1 saturated carbocycles. The van der Waals surface area contributed by atoms with Gasteiger partial charge in [-0.3, -0.25) is 9.99 Å². The molecule has 212 valence electrons. The fourth-order valence-electron chi connectivity index (χ4n) is 5.28. The molecular formula is C32H27BClFN8. The average Bonchev–Trinajstić information content (AvgIpc) is 3.75. The van der Waals surface area contributed by atoms with Gasteiger partial charge >= 0.3 is 0 Å². The molecule has 8 nitrogen and oxygen atoms in total. The lowest BCUT2D eigenvalue weighted by Crippen LogP contribution is -2.45. The summed E-state index contributed by atoms with van der Waals surface area (Å²) in [5.74, 6) is -0.374. The number of rotatable bonds is 10. The highest BCUT2D eigenvalue weighted by atomic mass is 35.5. The summed E-state index contributed by atoms with van der Waals surface area (Å²) in [4.78, 5) is 4.49. The molecule has 2 radical (unpaired) electrons. The van der Waals surface area contributed by atoms with E-state index in [1.165, 1.54) is 18.3 Å². The van der Waals surface area contributed by atoms with E-state index in [-0.39, 0.29) is 11.9 Å². The highest BCUT2D eigenvalue weighted by Gasteiger charge is 2.37. The molecule has 2 unspecified atom stereocenters. The third kappa shape index (κ3) is 5.81. The van der Waals surface area contributed by atoms with Crippen molar-refractivity contribution in [3.8, 4) is 12.1 Å². The number of hydrogen-bond donors (Lipinski definition) is 4. The van der Waals surface area contributed by atoms with Crippen LogP contribution in [0, 0.1) is 28.5 Å². The Labute approximate surface area is 255 Å². The van der Waals surface area contributed by atoms with Gasteiger partial charge in [-0.2, -0.15) is 10.5 Å². The van der Waals surface area contributed by atoms with Crippen molar-refractivity contribution >= 4 is 41.7 Å². The van der Waals surface area contributed by atoms with E-state index < -0.39 is 5.44 Å². The molecular weight excluding hydrogens is 562 g/mol. The Morgan fingerprint density at radius 3 is 2.60 bits per heavy atom. The van der Waals surface area contributed by atoms with Crippen LogP contribution in [0.5, 0.6) is 0 Å². The molecule has 2 heterocycles. The third-order valence-corrected chi connectivity index (χ3v) is 7.99. The molecule has 43 heavy (non-hydrogen) atoms. The van der Waals surface area contributed by atoms with Gasteiger partial charge in [-0.15, -0.1) is 5.53 Å². The molecule has 6 rings (SSSR count). The molecule has 1 aliphatic heterocycles. The quantitative estimate of drug-likeness (QED) is 0.164. The Hall–Kier alpha value is -4.77. The predicted octanol–water partition coefficient (Wildman–Crippen LogP) is 6.12. The summed E-state index contributed by atoms with van der Waals surface area (Å²) >= 11 is 6.80. The lowest BCUT2D eigenvalue weighted by molar-refractivity contribution is 0.260. The number of anilines is 2. The number of nitriles is 2. The summed E-state index contributed by atoms with van der Waals surface area (Å²) in [6, 6.07) is 23.9. The number of pyridine rings is 1. The Bertz CT molecular complexity index is 1770. The molecule has 0 saturated heterocycles. The van der Waals surface area contributed by atoms with Crippen LogP contribution in [0.4, 0.5) is 15.8 Å². The van der Waals surface area contributed by atoms with Crippen molar-refractivity contribution in [3.63, 3.8) is 0 Å². The van der Waals surface area contributed by atoms with Crippen LogP contribution < -0.4 is 21.6 Å². The largest absolute Gasteiger partial charge is 0.378 e. The first kappa shape index (κ1) is 28.4. The average molecular weight is 589 g/mol. The zero-order valence-corrected chi connectivity index (χ0v) is 23.9. The van der Waals surface area contributed by atoms with Crippen molar-refractivity contribution in [2.75, 3.05) is 10.6 Å². The normalized spacial score (nSPS) is 16.4. The molecule has 2 aliphatic rings. The number of benzene rings is 3. The summed E-state index contributed by atoms with van der Waals surface area (Å²) in [7, 11) is 7.10. The fourth-order valence-corrected chi connectivity index (χ4v) is 5.54. The predicted molar refractivity (Wildman–Crippen MR) is 166 cm³/mol. The lowest BCUT2D eigenvalue weighted by Gasteiger charge is -2.34. The molecule has 3 aromatic carbocycles. The van der Waals surface area contributed by atoms with Crippen molar-refractivity contribution in [1.82, 2.24) is 21.0 Å². The van der Waals surface area contributed by atoms with Gasteiger partial charge in [0.25, 0.3) is 0 Å². The van der Waals surface area contributed by atoms with E-state index in [9.17, 15) is 14.9 Å². The zero-order valence-electron chi connectivity index (χ0n) is 23.1. The first-order chi connectivity index (χ1) is 20.9. The van der Waals surface area contributed by atoms with E-state index in [1.807, 2.05) is 47.6 Å². The van der Waals surface area contributed by atoms with Gasteiger partial charge in [0.2, 0.25) is 0 Å². The van der Waals surface area contributed by atoms with Crippen molar-refractivity contribution < 1.29 is 4.39 Å². The summed E-state index contributed by atoms with van der Waals surface area (Å²) in [6.45, 7) is 0. The number of hydrazine groups is 2. The van der Waals surface area contributed by atoms with E-state index in [1.54, 1.807) is 18.2 Å². The van der Waals surface area contributed by atoms with E-state index in [4.69, 9.17) is 19.4 Å². The van der Waals surface area contributed by atoms with Crippen LogP contribution in [0.1, 0.15) is 48.4 Å². The summed E-state index contributed by atoms with van der Waals surface area (Å²) in [5, 5.41) is 29.2. The topological polar surface area (TPSA) is 112 Å². The van der Waals surface area contributed by atoms with Crippen LogP contribution in [0.2, 0.25) is 5.02 Å². The van der Waals surface area contributed by atoms with Crippen LogP contribution in [-0.2, 0) is 5.44 Å². The first-order valence-corrected chi connectivity index (χ1v) is 14.3. The molecule has 11 heteroatoms. The van der Waals surface area contributed by atoms with Gasteiger partial charge in [0.05, 0.1) is 45.0 Å². The second kappa shape index (κ2) is 11.8. The van der Waals surface area contributed by atoms with Gasteiger partial charge in [-0.25, -0.2) is 4.39 Å². The highest BCUT2D eigenvalue weighted by Crippen LogP contribution is 2.39.